The van der Waals surface area contributed by atoms with E-state index in [1.807, 2.05) is 0 Å². The predicted octanol–water partition coefficient (Wildman–Crippen LogP) is 1.58. The molecule has 0 heterocycles. The van der Waals surface area contributed by atoms with E-state index in [4.69, 9.17) is 11.6 Å². The van der Waals surface area contributed by atoms with Crippen molar-refractivity contribution in [3.63, 3.8) is 0 Å². The van der Waals surface area contributed by atoms with E-state index in [2.05, 4.69) is 4.74 Å². The Hall–Kier alpha value is -0.610. The van der Waals surface area contributed by atoms with Gasteiger partial charge in [-0.05, 0) is 24.4 Å². The Morgan fingerprint density at radius 3 is 2.27 bits per heavy atom. The lowest BCUT2D eigenvalue weighted by atomic mass is 9.83. The van der Waals surface area contributed by atoms with Crippen LogP contribution in [0.2, 0.25) is 0 Å². The molecular formula is C10H15ClO4. The topological polar surface area (TPSA) is 63.6 Å². The summed E-state index contributed by atoms with van der Waals surface area (Å²) in [6.45, 7) is 1.15. The zero-order valence-electron chi connectivity index (χ0n) is 8.66. The van der Waals surface area contributed by atoms with Gasteiger partial charge in [-0.1, -0.05) is 19.3 Å². The molecule has 0 unspecified atom stereocenters. The highest BCUT2D eigenvalue weighted by Crippen LogP contribution is 2.35. The molecule has 5 heteroatoms. The summed E-state index contributed by atoms with van der Waals surface area (Å²) >= 11 is 5.30. The van der Waals surface area contributed by atoms with Gasteiger partial charge >= 0.3 is 5.97 Å². The monoisotopic (exact) mass is 234 g/mol. The highest BCUT2D eigenvalue weighted by atomic mass is 35.5. The number of halogens is 1. The molecule has 0 saturated heterocycles. The first kappa shape index (κ1) is 12.5. The predicted molar refractivity (Wildman–Crippen MR) is 54.2 cm³/mol. The zero-order valence-corrected chi connectivity index (χ0v) is 9.42. The highest BCUT2D eigenvalue weighted by Gasteiger charge is 2.46. The van der Waals surface area contributed by atoms with Crippen LogP contribution in [0.15, 0.2) is 0 Å². The maximum absolute atomic E-state index is 11.1. The Balaban J connectivity index is 2.78. The summed E-state index contributed by atoms with van der Waals surface area (Å²) in [6, 6.07) is 0. The molecule has 1 fully saturated rings. The number of carbonyl (C=O) groups is 2. The van der Waals surface area contributed by atoms with Crippen molar-refractivity contribution in [3.05, 3.63) is 0 Å². The van der Waals surface area contributed by atoms with Crippen molar-refractivity contribution >= 4 is 22.8 Å². The quantitative estimate of drug-likeness (QED) is 0.458. The van der Waals surface area contributed by atoms with Crippen LogP contribution in [0, 0.1) is 5.92 Å². The molecule has 0 radical (unpaired) electrons. The Morgan fingerprint density at radius 2 is 1.87 bits per heavy atom. The van der Waals surface area contributed by atoms with E-state index in [0.717, 1.165) is 26.2 Å². The van der Waals surface area contributed by atoms with E-state index in [1.165, 1.54) is 0 Å². The van der Waals surface area contributed by atoms with Crippen molar-refractivity contribution < 1.29 is 19.4 Å². The molecule has 1 N–H and O–H groups in total. The van der Waals surface area contributed by atoms with Crippen molar-refractivity contribution in [2.45, 2.75) is 44.8 Å². The van der Waals surface area contributed by atoms with E-state index in [0.29, 0.717) is 12.8 Å². The van der Waals surface area contributed by atoms with Crippen molar-refractivity contribution in [1.29, 1.82) is 0 Å². The number of carbonyl (C=O) groups excluding carboxylic acids is 2. The minimum Gasteiger partial charge on any atom is -0.424 e. The Morgan fingerprint density at radius 1 is 1.33 bits per heavy atom. The number of esters is 1. The lowest BCUT2D eigenvalue weighted by molar-refractivity contribution is -0.223. The zero-order chi connectivity index (χ0) is 11.5. The number of ether oxygens (including phenoxy) is 1. The van der Waals surface area contributed by atoms with Gasteiger partial charge in [0.1, 0.15) is 0 Å². The third-order valence-corrected chi connectivity index (χ3v) is 3.01. The van der Waals surface area contributed by atoms with Crippen LogP contribution in [0.4, 0.5) is 0 Å². The highest BCUT2D eigenvalue weighted by molar-refractivity contribution is 6.65. The van der Waals surface area contributed by atoms with Crippen LogP contribution >= 0.6 is 11.6 Å². The molecule has 1 atom stereocenters. The number of aliphatic hydroxyl groups is 1. The van der Waals surface area contributed by atoms with Crippen LogP contribution in [0.3, 0.4) is 0 Å². The van der Waals surface area contributed by atoms with Crippen LogP contribution < -0.4 is 0 Å². The average molecular weight is 235 g/mol. The molecule has 1 aliphatic carbocycles. The van der Waals surface area contributed by atoms with Crippen LogP contribution in [0.25, 0.3) is 0 Å². The van der Waals surface area contributed by atoms with Crippen molar-refractivity contribution in [1.82, 2.24) is 0 Å². The molecule has 1 saturated carbocycles. The molecule has 15 heavy (non-hydrogen) atoms. The van der Waals surface area contributed by atoms with Crippen molar-refractivity contribution in [3.8, 4) is 0 Å². The number of hydrogen-bond acceptors (Lipinski definition) is 4. The van der Waals surface area contributed by atoms with Gasteiger partial charge in [-0.15, -0.1) is 0 Å². The molecule has 1 rings (SSSR count). The van der Waals surface area contributed by atoms with Crippen LogP contribution in [-0.2, 0) is 14.3 Å². The van der Waals surface area contributed by atoms with Gasteiger partial charge in [0, 0.05) is 12.8 Å². The van der Waals surface area contributed by atoms with Crippen LogP contribution in [-0.4, -0.2) is 22.1 Å². The SMILES string of the molecule is CC(=O)O[C@@](O)(C(=O)Cl)C1CCCCC1. The molecule has 4 nitrogen and oxygen atoms in total. The fourth-order valence-electron chi connectivity index (χ4n) is 2.00. The fourth-order valence-corrected chi connectivity index (χ4v) is 2.19. The van der Waals surface area contributed by atoms with Crippen molar-refractivity contribution in [2.24, 2.45) is 5.92 Å². The minimum atomic E-state index is -2.13. The summed E-state index contributed by atoms with van der Waals surface area (Å²) in [7, 11) is 0. The summed E-state index contributed by atoms with van der Waals surface area (Å²) in [6.07, 6.45) is 4.21. The molecule has 0 aromatic carbocycles. The van der Waals surface area contributed by atoms with Gasteiger partial charge < -0.3 is 9.84 Å². The molecule has 0 spiro atoms. The standard InChI is InChI=1S/C10H15ClO4/c1-7(12)15-10(14,9(11)13)8-5-3-2-4-6-8/h8,14H,2-6H2,1H3/t10-/m1/s1. The molecular weight excluding hydrogens is 220 g/mol. The Labute approximate surface area is 93.6 Å². The second kappa shape index (κ2) is 4.94. The van der Waals surface area contributed by atoms with Gasteiger partial charge in [0.25, 0.3) is 11.0 Å². The molecule has 0 amide bonds. The molecule has 0 aromatic heterocycles. The van der Waals surface area contributed by atoms with Crippen LogP contribution in [0.1, 0.15) is 39.0 Å². The lowest BCUT2D eigenvalue weighted by Gasteiger charge is -2.34. The van der Waals surface area contributed by atoms with E-state index in [9.17, 15) is 14.7 Å². The van der Waals surface area contributed by atoms with E-state index in [-0.39, 0.29) is 5.92 Å². The maximum Gasteiger partial charge on any atom is 0.305 e. The molecule has 0 aliphatic heterocycles. The van der Waals surface area contributed by atoms with Gasteiger partial charge in [0.2, 0.25) is 0 Å². The van der Waals surface area contributed by atoms with E-state index in [1.54, 1.807) is 0 Å². The number of rotatable bonds is 3. The Kier molecular flexibility index (Phi) is 4.11. The maximum atomic E-state index is 11.1. The summed E-state index contributed by atoms with van der Waals surface area (Å²) in [4.78, 5) is 22.0. The van der Waals surface area contributed by atoms with Crippen LogP contribution in [0.5, 0.6) is 0 Å². The third kappa shape index (κ3) is 2.92. The van der Waals surface area contributed by atoms with Crippen molar-refractivity contribution in [2.75, 3.05) is 0 Å². The largest absolute Gasteiger partial charge is 0.424 e. The van der Waals surface area contributed by atoms with Gasteiger partial charge in [-0.25, -0.2) is 0 Å². The van der Waals surface area contributed by atoms with Gasteiger partial charge in [-0.2, -0.15) is 0 Å². The smallest absolute Gasteiger partial charge is 0.305 e. The summed E-state index contributed by atoms with van der Waals surface area (Å²) in [5.74, 6) is -3.20. The third-order valence-electron chi connectivity index (χ3n) is 2.74. The molecule has 1 aliphatic rings. The fraction of sp³-hybridized carbons (Fsp3) is 0.800. The first-order chi connectivity index (χ1) is 6.97. The van der Waals surface area contributed by atoms with Gasteiger partial charge in [0.05, 0.1) is 0 Å². The second-order valence-corrected chi connectivity index (χ2v) is 4.24. The Bertz CT molecular complexity index is 260. The summed E-state index contributed by atoms with van der Waals surface area (Å²) in [5, 5.41) is 8.95. The lowest BCUT2D eigenvalue weighted by Crippen LogP contribution is -2.48. The van der Waals surface area contributed by atoms with E-state index < -0.39 is 17.0 Å². The first-order valence-corrected chi connectivity index (χ1v) is 5.46. The summed E-state index contributed by atoms with van der Waals surface area (Å²) < 4.78 is 4.67. The average Bonchev–Trinajstić information content (AvgIpc) is 2.17. The first-order valence-electron chi connectivity index (χ1n) is 5.08. The minimum absolute atomic E-state index is 0.375. The normalized spacial score (nSPS) is 21.8. The molecule has 0 bridgehead atoms. The van der Waals surface area contributed by atoms with Gasteiger partial charge in [0.15, 0.2) is 0 Å². The summed E-state index contributed by atoms with van der Waals surface area (Å²) in [5.41, 5.74) is 0. The number of hydrogen-bond donors (Lipinski definition) is 1. The molecule has 86 valence electrons. The molecule has 0 aromatic rings. The second-order valence-electron chi connectivity index (χ2n) is 3.90. The van der Waals surface area contributed by atoms with E-state index >= 15 is 0 Å². The van der Waals surface area contributed by atoms with Gasteiger partial charge in [-0.3, -0.25) is 9.59 Å².